The van der Waals surface area contributed by atoms with Crippen LogP contribution in [0.2, 0.25) is 0 Å². The molecule has 0 amide bonds. The van der Waals surface area contributed by atoms with Crippen LogP contribution in [0.1, 0.15) is 18.3 Å². The Balaban J connectivity index is 1.47. The second kappa shape index (κ2) is 7.50. The first-order valence-corrected chi connectivity index (χ1v) is 8.96. The SMILES string of the molecule is CCOC(=O)Cc1cc2cc(OCc3ccc4ccccc4n3)ccc2[nH]1. The van der Waals surface area contributed by atoms with Gasteiger partial charge >= 0.3 is 5.97 Å². The van der Waals surface area contributed by atoms with Crippen LogP contribution in [-0.4, -0.2) is 22.5 Å². The van der Waals surface area contributed by atoms with E-state index in [9.17, 15) is 4.79 Å². The molecule has 5 heteroatoms. The Morgan fingerprint density at radius 1 is 1.04 bits per heavy atom. The zero-order chi connectivity index (χ0) is 18.6. The molecule has 2 aromatic heterocycles. The number of benzene rings is 2. The highest BCUT2D eigenvalue weighted by Gasteiger charge is 2.08. The number of nitrogens with zero attached hydrogens (tertiary/aromatic N) is 1. The summed E-state index contributed by atoms with van der Waals surface area (Å²) in [5, 5.41) is 2.11. The second-order valence-corrected chi connectivity index (χ2v) is 6.31. The lowest BCUT2D eigenvalue weighted by Crippen LogP contribution is -2.07. The van der Waals surface area contributed by atoms with Gasteiger partial charge in [-0.05, 0) is 43.3 Å². The molecular weight excluding hydrogens is 340 g/mol. The van der Waals surface area contributed by atoms with Crippen molar-refractivity contribution in [2.45, 2.75) is 20.0 Å². The van der Waals surface area contributed by atoms with Crippen LogP contribution in [0.15, 0.2) is 60.7 Å². The highest BCUT2D eigenvalue weighted by atomic mass is 16.5. The molecular formula is C22H20N2O3. The molecule has 1 N–H and O–H groups in total. The maximum Gasteiger partial charge on any atom is 0.311 e. The van der Waals surface area contributed by atoms with Crippen molar-refractivity contribution in [3.8, 4) is 5.75 Å². The van der Waals surface area contributed by atoms with Crippen LogP contribution in [0, 0.1) is 0 Å². The maximum absolute atomic E-state index is 11.6. The van der Waals surface area contributed by atoms with Crippen LogP contribution in [0.25, 0.3) is 21.8 Å². The average Bonchev–Trinajstić information content (AvgIpc) is 3.07. The summed E-state index contributed by atoms with van der Waals surface area (Å²) in [6.45, 7) is 2.59. The minimum absolute atomic E-state index is 0.233. The van der Waals surface area contributed by atoms with E-state index in [-0.39, 0.29) is 12.4 Å². The monoisotopic (exact) mass is 360 g/mol. The minimum atomic E-state index is -0.233. The third kappa shape index (κ3) is 3.92. The van der Waals surface area contributed by atoms with Crippen molar-refractivity contribution in [2.75, 3.05) is 6.61 Å². The molecule has 2 aromatic carbocycles. The number of hydrogen-bond acceptors (Lipinski definition) is 4. The fraction of sp³-hybridized carbons (Fsp3) is 0.182. The van der Waals surface area contributed by atoms with Gasteiger partial charge in [-0.1, -0.05) is 24.3 Å². The Bertz CT molecular complexity index is 1100. The van der Waals surface area contributed by atoms with Crippen LogP contribution in [0.4, 0.5) is 0 Å². The molecule has 0 aliphatic carbocycles. The van der Waals surface area contributed by atoms with Gasteiger partial charge in [0.1, 0.15) is 12.4 Å². The number of nitrogens with one attached hydrogen (secondary N) is 1. The fourth-order valence-electron chi connectivity index (χ4n) is 3.07. The molecule has 0 spiro atoms. The molecule has 0 aliphatic heterocycles. The largest absolute Gasteiger partial charge is 0.487 e. The number of aromatic amines is 1. The number of carbonyl (C=O) groups excluding carboxylic acids is 1. The average molecular weight is 360 g/mol. The summed E-state index contributed by atoms with van der Waals surface area (Å²) in [5.74, 6) is 0.530. The molecule has 0 saturated carbocycles. The Morgan fingerprint density at radius 2 is 1.93 bits per heavy atom. The molecule has 0 aliphatic rings. The van der Waals surface area contributed by atoms with Crippen molar-refractivity contribution in [1.82, 2.24) is 9.97 Å². The van der Waals surface area contributed by atoms with E-state index in [1.54, 1.807) is 6.92 Å². The summed E-state index contributed by atoms with van der Waals surface area (Å²) in [6, 6.07) is 19.8. The first kappa shape index (κ1) is 17.1. The minimum Gasteiger partial charge on any atom is -0.487 e. The Labute approximate surface area is 156 Å². The molecule has 0 radical (unpaired) electrons. The van der Waals surface area contributed by atoms with Crippen LogP contribution in [0.3, 0.4) is 0 Å². The summed E-state index contributed by atoms with van der Waals surface area (Å²) in [5.41, 5.74) is 3.64. The number of rotatable bonds is 6. The number of ether oxygens (including phenoxy) is 2. The molecule has 0 atom stereocenters. The van der Waals surface area contributed by atoms with Crippen molar-refractivity contribution in [3.05, 3.63) is 72.1 Å². The number of pyridine rings is 1. The van der Waals surface area contributed by atoms with Crippen LogP contribution < -0.4 is 4.74 Å². The molecule has 136 valence electrons. The van der Waals surface area contributed by atoms with E-state index in [1.807, 2.05) is 54.6 Å². The first-order chi connectivity index (χ1) is 13.2. The topological polar surface area (TPSA) is 64.2 Å². The summed E-state index contributed by atoms with van der Waals surface area (Å²) < 4.78 is 10.9. The molecule has 0 fully saturated rings. The van der Waals surface area contributed by atoms with Gasteiger partial charge in [-0.25, -0.2) is 4.98 Å². The number of H-pyrrole nitrogens is 1. The van der Waals surface area contributed by atoms with E-state index in [4.69, 9.17) is 9.47 Å². The Morgan fingerprint density at radius 3 is 2.81 bits per heavy atom. The number of esters is 1. The molecule has 2 heterocycles. The van der Waals surface area contributed by atoms with Gasteiger partial charge < -0.3 is 14.5 Å². The number of carbonyl (C=O) groups is 1. The standard InChI is InChI=1S/C22H20N2O3/c1-2-26-22(25)13-18-11-16-12-19(9-10-21(16)24-18)27-14-17-8-7-15-5-3-4-6-20(15)23-17/h3-12,24H,2,13-14H2,1H3. The van der Waals surface area contributed by atoms with Crippen LogP contribution >= 0.6 is 0 Å². The predicted octanol–water partition coefficient (Wildman–Crippen LogP) is 4.40. The van der Waals surface area contributed by atoms with Gasteiger partial charge in [0.05, 0.1) is 24.2 Å². The highest BCUT2D eigenvalue weighted by molar-refractivity contribution is 5.84. The third-order valence-corrected chi connectivity index (χ3v) is 4.33. The maximum atomic E-state index is 11.6. The number of para-hydroxylation sites is 1. The van der Waals surface area contributed by atoms with Crippen LogP contribution in [-0.2, 0) is 22.6 Å². The number of hydrogen-bond donors (Lipinski definition) is 1. The van der Waals surface area contributed by atoms with Gasteiger partial charge in [0.2, 0.25) is 0 Å². The van der Waals surface area contributed by atoms with E-state index >= 15 is 0 Å². The third-order valence-electron chi connectivity index (χ3n) is 4.33. The molecule has 4 aromatic rings. The predicted molar refractivity (Wildman–Crippen MR) is 105 cm³/mol. The van der Waals surface area contributed by atoms with Gasteiger partial charge in [-0.15, -0.1) is 0 Å². The van der Waals surface area contributed by atoms with E-state index in [2.05, 4.69) is 16.0 Å². The molecule has 0 unspecified atom stereocenters. The lowest BCUT2D eigenvalue weighted by molar-refractivity contribution is -0.142. The molecule has 27 heavy (non-hydrogen) atoms. The van der Waals surface area contributed by atoms with Crippen molar-refractivity contribution in [1.29, 1.82) is 0 Å². The zero-order valence-electron chi connectivity index (χ0n) is 15.1. The fourth-order valence-corrected chi connectivity index (χ4v) is 3.07. The zero-order valence-corrected chi connectivity index (χ0v) is 15.1. The lowest BCUT2D eigenvalue weighted by atomic mass is 10.2. The Hall–Kier alpha value is -3.34. The smallest absolute Gasteiger partial charge is 0.311 e. The second-order valence-electron chi connectivity index (χ2n) is 6.31. The molecule has 4 rings (SSSR count). The van der Waals surface area contributed by atoms with Crippen molar-refractivity contribution < 1.29 is 14.3 Å². The van der Waals surface area contributed by atoms with Gasteiger partial charge in [-0.3, -0.25) is 4.79 Å². The van der Waals surface area contributed by atoms with Crippen molar-refractivity contribution >= 4 is 27.8 Å². The Kier molecular flexibility index (Phi) is 4.75. The van der Waals surface area contributed by atoms with E-state index in [0.29, 0.717) is 13.2 Å². The summed E-state index contributed by atoms with van der Waals surface area (Å²) in [4.78, 5) is 19.5. The van der Waals surface area contributed by atoms with Gasteiger partial charge in [-0.2, -0.15) is 0 Å². The van der Waals surface area contributed by atoms with Crippen molar-refractivity contribution in [3.63, 3.8) is 0 Å². The number of fused-ring (bicyclic) bond motifs is 2. The summed E-state index contributed by atoms with van der Waals surface area (Å²) in [6.07, 6.45) is 0.236. The van der Waals surface area contributed by atoms with Gasteiger partial charge in [0.25, 0.3) is 0 Å². The van der Waals surface area contributed by atoms with Gasteiger partial charge in [0.15, 0.2) is 0 Å². The number of aromatic nitrogens is 2. The van der Waals surface area contributed by atoms with Crippen LogP contribution in [0.5, 0.6) is 5.75 Å². The summed E-state index contributed by atoms with van der Waals surface area (Å²) >= 11 is 0. The van der Waals surface area contributed by atoms with Crippen molar-refractivity contribution in [2.24, 2.45) is 0 Å². The lowest BCUT2D eigenvalue weighted by Gasteiger charge is -2.07. The normalized spacial score (nSPS) is 11.0. The van der Waals surface area contributed by atoms with Gasteiger partial charge in [0, 0.05) is 22.0 Å². The first-order valence-electron chi connectivity index (χ1n) is 8.96. The highest BCUT2D eigenvalue weighted by Crippen LogP contribution is 2.23. The summed E-state index contributed by atoms with van der Waals surface area (Å²) in [7, 11) is 0. The van der Waals surface area contributed by atoms with E-state index < -0.39 is 0 Å². The molecule has 0 saturated heterocycles. The quantitative estimate of drug-likeness (QED) is 0.518. The molecule has 0 bridgehead atoms. The van der Waals surface area contributed by atoms with E-state index in [0.717, 1.165) is 38.9 Å². The van der Waals surface area contributed by atoms with E-state index in [1.165, 1.54) is 0 Å². The molecule has 5 nitrogen and oxygen atoms in total.